The van der Waals surface area contributed by atoms with E-state index in [9.17, 15) is 4.79 Å². The smallest absolute Gasteiger partial charge is 0.310 e. The van der Waals surface area contributed by atoms with Crippen molar-refractivity contribution in [2.45, 2.75) is 32.6 Å². The lowest BCUT2D eigenvalue weighted by Gasteiger charge is -2.16. The van der Waals surface area contributed by atoms with Gasteiger partial charge in [0.1, 0.15) is 10.6 Å². The van der Waals surface area contributed by atoms with Gasteiger partial charge in [-0.1, -0.05) is 34.8 Å². The number of pyridine rings is 1. The molecule has 0 saturated carbocycles. The van der Waals surface area contributed by atoms with Crippen molar-refractivity contribution in [3.63, 3.8) is 0 Å². The Labute approximate surface area is 247 Å². The zero-order valence-corrected chi connectivity index (χ0v) is 24.6. The molecule has 0 amide bonds. The largest absolute Gasteiger partial charge is 0.424 e. The van der Waals surface area contributed by atoms with Gasteiger partial charge in [-0.3, -0.25) is 4.79 Å². The predicted octanol–water partition coefficient (Wildman–Crippen LogP) is 9.36. The number of aryl methyl sites for hydroxylation is 3. The molecule has 0 unspecified atom stereocenters. The molecule has 3 heterocycles. The molecule has 2 aromatic carbocycles. The van der Waals surface area contributed by atoms with Gasteiger partial charge in [-0.15, -0.1) is 34.5 Å². The Kier molecular flexibility index (Phi) is 8.39. The van der Waals surface area contributed by atoms with Crippen molar-refractivity contribution in [2.75, 3.05) is 5.34 Å². The summed E-state index contributed by atoms with van der Waals surface area (Å²) in [5, 5.41) is 2.99. The molecule has 1 aliphatic carbocycles. The van der Waals surface area contributed by atoms with Crippen LogP contribution >= 0.6 is 69.3 Å². The molecule has 0 N–H and O–H groups in total. The van der Waals surface area contributed by atoms with Gasteiger partial charge in [-0.25, -0.2) is 9.55 Å². The van der Waals surface area contributed by atoms with Crippen LogP contribution in [0.4, 0.5) is 0 Å². The standard InChI is InChI=1S/C26H18Cl3N3O2S.CH2Cl2/c1-13-21-23(22-17-4-2-3-5-20(17)35-24(22)30-13)31-26(34-19-11-8-15(28)12-18(19)29)32(25(21)33)16-9-6-14(27)7-10-16;2-1-3/h6-12H,2-5H2,1H3;1H2. The molecule has 38 heavy (non-hydrogen) atoms. The molecule has 11 heteroatoms. The summed E-state index contributed by atoms with van der Waals surface area (Å²) >= 11 is 29.8. The fraction of sp³-hybridized carbons (Fsp3) is 0.222. The number of nitrogens with zero attached hydrogens (tertiary/aromatic N) is 3. The van der Waals surface area contributed by atoms with E-state index in [1.54, 1.807) is 53.8 Å². The molecule has 0 aliphatic heterocycles. The average Bonchev–Trinajstić information content (AvgIpc) is 3.25. The third kappa shape index (κ3) is 5.23. The monoisotopic (exact) mass is 625 g/mol. The maximum absolute atomic E-state index is 14.0. The van der Waals surface area contributed by atoms with Crippen LogP contribution in [0.2, 0.25) is 15.1 Å². The van der Waals surface area contributed by atoms with Gasteiger partial charge in [0.05, 0.1) is 32.6 Å². The molecule has 0 bridgehead atoms. The van der Waals surface area contributed by atoms with Crippen LogP contribution in [0, 0.1) is 6.92 Å². The number of hydrogen-bond acceptors (Lipinski definition) is 5. The molecule has 1 aliphatic rings. The fourth-order valence-corrected chi connectivity index (χ4v) is 6.52. The highest BCUT2D eigenvalue weighted by atomic mass is 35.5. The number of benzene rings is 2. The summed E-state index contributed by atoms with van der Waals surface area (Å²) in [7, 11) is 0. The summed E-state index contributed by atoms with van der Waals surface area (Å²) in [6.45, 7) is 1.85. The number of ether oxygens (including phenoxy) is 1. The van der Waals surface area contributed by atoms with E-state index >= 15 is 0 Å². The highest BCUT2D eigenvalue weighted by Crippen LogP contribution is 2.40. The maximum Gasteiger partial charge on any atom is 0.310 e. The van der Waals surface area contributed by atoms with Gasteiger partial charge in [0, 0.05) is 20.3 Å². The van der Waals surface area contributed by atoms with Gasteiger partial charge in [0.15, 0.2) is 0 Å². The van der Waals surface area contributed by atoms with Gasteiger partial charge < -0.3 is 4.74 Å². The minimum Gasteiger partial charge on any atom is -0.424 e. The quantitative estimate of drug-likeness (QED) is 0.187. The van der Waals surface area contributed by atoms with Crippen molar-refractivity contribution in [3.8, 4) is 17.4 Å². The third-order valence-corrected chi connectivity index (χ3v) is 8.22. The number of fused-ring (bicyclic) bond motifs is 5. The molecule has 5 nitrogen and oxygen atoms in total. The first kappa shape index (κ1) is 27.5. The lowest BCUT2D eigenvalue weighted by molar-refractivity contribution is 0.427. The van der Waals surface area contributed by atoms with E-state index in [4.69, 9.17) is 72.7 Å². The maximum atomic E-state index is 14.0. The predicted molar refractivity (Wildman–Crippen MR) is 160 cm³/mol. The number of halogens is 5. The first-order chi connectivity index (χ1) is 18.3. The Morgan fingerprint density at radius 3 is 2.34 bits per heavy atom. The number of hydrogen-bond donors (Lipinski definition) is 0. The Bertz CT molecular complexity index is 1720. The van der Waals surface area contributed by atoms with Crippen molar-refractivity contribution in [3.05, 3.63) is 84.0 Å². The first-order valence-electron chi connectivity index (χ1n) is 11.7. The Morgan fingerprint density at radius 1 is 0.947 bits per heavy atom. The van der Waals surface area contributed by atoms with Gasteiger partial charge in [-0.05, 0) is 80.6 Å². The van der Waals surface area contributed by atoms with Crippen LogP contribution in [0.3, 0.4) is 0 Å². The summed E-state index contributed by atoms with van der Waals surface area (Å²) in [5.41, 5.74) is 2.81. The van der Waals surface area contributed by atoms with Crippen LogP contribution in [-0.4, -0.2) is 19.9 Å². The van der Waals surface area contributed by atoms with Crippen LogP contribution < -0.4 is 10.3 Å². The summed E-state index contributed by atoms with van der Waals surface area (Å²) in [6, 6.07) is 12.0. The zero-order chi connectivity index (χ0) is 27.0. The van der Waals surface area contributed by atoms with Crippen LogP contribution in [-0.2, 0) is 12.8 Å². The minimum atomic E-state index is -0.264. The molecule has 6 rings (SSSR count). The molecule has 0 radical (unpaired) electrons. The fourth-order valence-electron chi connectivity index (χ4n) is 4.63. The van der Waals surface area contributed by atoms with Crippen LogP contribution in [0.15, 0.2) is 47.3 Å². The average molecular weight is 628 g/mol. The van der Waals surface area contributed by atoms with Crippen molar-refractivity contribution < 1.29 is 4.74 Å². The topological polar surface area (TPSA) is 57.0 Å². The van der Waals surface area contributed by atoms with Gasteiger partial charge in [-0.2, -0.15) is 4.98 Å². The van der Waals surface area contributed by atoms with E-state index in [1.807, 2.05) is 6.92 Å². The molecule has 3 aromatic heterocycles. The van der Waals surface area contributed by atoms with Gasteiger partial charge >= 0.3 is 6.01 Å². The highest BCUT2D eigenvalue weighted by molar-refractivity contribution is 7.19. The number of thiophene rings is 1. The molecule has 196 valence electrons. The number of alkyl halides is 2. The van der Waals surface area contributed by atoms with Crippen molar-refractivity contribution in [1.82, 2.24) is 14.5 Å². The molecule has 0 spiro atoms. The van der Waals surface area contributed by atoms with Crippen LogP contribution in [0.5, 0.6) is 11.8 Å². The zero-order valence-electron chi connectivity index (χ0n) is 20.0. The number of rotatable bonds is 3. The SMILES string of the molecule is Cc1nc2sc3c(c2c2nc(Oc4ccc(Cl)cc4Cl)n(-c4ccc(Cl)cc4)c(=O)c12)CCCC3.ClCCl. The molecule has 0 fully saturated rings. The minimum absolute atomic E-state index is 0.108. The van der Waals surface area contributed by atoms with Gasteiger partial charge in [0.25, 0.3) is 5.56 Å². The Hall–Kier alpha value is -2.06. The summed E-state index contributed by atoms with van der Waals surface area (Å²) in [6.07, 6.45) is 4.26. The lowest BCUT2D eigenvalue weighted by Crippen LogP contribution is -2.22. The molecule has 0 saturated heterocycles. The molecule has 0 atom stereocenters. The van der Waals surface area contributed by atoms with E-state index in [1.165, 1.54) is 15.0 Å². The van der Waals surface area contributed by atoms with Crippen molar-refractivity contribution in [1.29, 1.82) is 0 Å². The lowest BCUT2D eigenvalue weighted by atomic mass is 9.96. The van der Waals surface area contributed by atoms with Crippen LogP contribution in [0.1, 0.15) is 29.0 Å². The second-order valence-electron chi connectivity index (χ2n) is 8.60. The summed E-state index contributed by atoms with van der Waals surface area (Å²) < 4.78 is 7.62. The van der Waals surface area contributed by atoms with Gasteiger partial charge in [0.2, 0.25) is 0 Å². The second kappa shape index (κ2) is 11.6. The number of aromatic nitrogens is 3. The van der Waals surface area contributed by atoms with E-state index in [2.05, 4.69) is 0 Å². The van der Waals surface area contributed by atoms with E-state index in [0.29, 0.717) is 43.1 Å². The second-order valence-corrected chi connectivity index (χ2v) is 11.8. The van der Waals surface area contributed by atoms with Crippen molar-refractivity contribution >= 4 is 90.5 Å². The Balaban J connectivity index is 0.000000937. The highest BCUT2D eigenvalue weighted by Gasteiger charge is 2.25. The van der Waals surface area contributed by atoms with Crippen LogP contribution in [0.25, 0.3) is 26.8 Å². The Morgan fingerprint density at radius 2 is 1.63 bits per heavy atom. The third-order valence-electron chi connectivity index (χ3n) is 6.25. The summed E-state index contributed by atoms with van der Waals surface area (Å²) in [5.74, 6) is 0.347. The molecular formula is C27H20Cl5N3O2S. The molecular weight excluding hydrogens is 608 g/mol. The van der Waals surface area contributed by atoms with E-state index in [0.717, 1.165) is 35.9 Å². The molecule has 5 aromatic rings. The van der Waals surface area contributed by atoms with Crippen molar-refractivity contribution in [2.24, 2.45) is 0 Å². The van der Waals surface area contributed by atoms with E-state index < -0.39 is 0 Å². The van der Waals surface area contributed by atoms with E-state index in [-0.39, 0.29) is 16.9 Å². The normalized spacial score (nSPS) is 12.8. The first-order valence-corrected chi connectivity index (χ1v) is 14.7. The summed E-state index contributed by atoms with van der Waals surface area (Å²) in [4.78, 5) is 26.0.